The van der Waals surface area contributed by atoms with Crippen LogP contribution < -0.4 is 5.32 Å². The first kappa shape index (κ1) is 20.1. The van der Waals surface area contributed by atoms with E-state index in [9.17, 15) is 0 Å². The number of guanidine groups is 1. The Kier molecular flexibility index (Phi) is 7.92. The maximum atomic E-state index is 5.95. The number of unbranched alkanes of at least 4 members (excludes halogenated alkanes) is 1. The first-order valence-corrected chi connectivity index (χ1v) is 10.2. The van der Waals surface area contributed by atoms with Crippen LogP contribution in [0, 0.1) is 0 Å². The van der Waals surface area contributed by atoms with Gasteiger partial charge in [-0.25, -0.2) is 0 Å². The average Bonchev–Trinajstić information content (AvgIpc) is 3.14. The van der Waals surface area contributed by atoms with Crippen LogP contribution in [0.1, 0.15) is 31.4 Å². The molecule has 0 radical (unpaired) electrons. The van der Waals surface area contributed by atoms with Gasteiger partial charge in [-0.15, -0.1) is 0 Å². The van der Waals surface area contributed by atoms with Crippen molar-refractivity contribution in [2.45, 2.75) is 25.9 Å². The highest BCUT2D eigenvalue weighted by Crippen LogP contribution is 2.21. The van der Waals surface area contributed by atoms with Gasteiger partial charge in [-0.05, 0) is 26.3 Å². The van der Waals surface area contributed by atoms with E-state index in [-0.39, 0.29) is 6.10 Å². The lowest BCUT2D eigenvalue weighted by Gasteiger charge is -2.34. The molecule has 27 heavy (non-hydrogen) atoms. The minimum atomic E-state index is 0.0534. The smallest absolute Gasteiger partial charge is 0.194 e. The lowest BCUT2D eigenvalue weighted by molar-refractivity contribution is -0.00804. The van der Waals surface area contributed by atoms with Crippen LogP contribution in [-0.2, 0) is 16.5 Å². The Labute approximate surface area is 162 Å². The summed E-state index contributed by atoms with van der Waals surface area (Å²) in [7, 11) is 1.94. The molecule has 2 saturated heterocycles. The van der Waals surface area contributed by atoms with E-state index in [0.717, 1.165) is 77.0 Å². The van der Waals surface area contributed by atoms with Crippen molar-refractivity contribution in [3.63, 3.8) is 0 Å². The number of rotatable bonds is 7. The predicted molar refractivity (Wildman–Crippen MR) is 106 cm³/mol. The number of aromatic nitrogens is 2. The van der Waals surface area contributed by atoms with Crippen LogP contribution in [0.5, 0.6) is 0 Å². The molecule has 0 amide bonds. The highest BCUT2D eigenvalue weighted by atomic mass is 16.5. The van der Waals surface area contributed by atoms with E-state index >= 15 is 0 Å². The summed E-state index contributed by atoms with van der Waals surface area (Å²) in [6.07, 6.45) is 6.28. The summed E-state index contributed by atoms with van der Waals surface area (Å²) in [6, 6.07) is 0. The minimum Gasteiger partial charge on any atom is -0.379 e. The topological polar surface area (TPSA) is 67.2 Å². The fourth-order valence-corrected chi connectivity index (χ4v) is 3.53. The van der Waals surface area contributed by atoms with Gasteiger partial charge in [0.25, 0.3) is 0 Å². The molecule has 1 atom stereocenters. The summed E-state index contributed by atoms with van der Waals surface area (Å²) in [5, 5.41) is 7.71. The van der Waals surface area contributed by atoms with Gasteiger partial charge in [-0.3, -0.25) is 14.6 Å². The molecule has 0 aromatic carbocycles. The second-order valence-electron chi connectivity index (χ2n) is 7.15. The second-order valence-corrected chi connectivity index (χ2v) is 7.15. The first-order chi connectivity index (χ1) is 13.3. The number of aliphatic imine (C=N–C) groups is 1. The molecule has 0 aliphatic carbocycles. The van der Waals surface area contributed by atoms with Crippen LogP contribution in [0.3, 0.4) is 0 Å². The fourth-order valence-electron chi connectivity index (χ4n) is 3.53. The van der Waals surface area contributed by atoms with E-state index in [1.54, 1.807) is 0 Å². The monoisotopic (exact) mass is 378 g/mol. The number of aryl methyl sites for hydroxylation is 1. The Morgan fingerprint density at radius 3 is 2.85 bits per heavy atom. The van der Waals surface area contributed by atoms with Crippen molar-refractivity contribution in [3.05, 3.63) is 18.0 Å². The summed E-state index contributed by atoms with van der Waals surface area (Å²) in [5.74, 6) is 1.00. The van der Waals surface area contributed by atoms with Gasteiger partial charge in [0.05, 0.1) is 32.6 Å². The quantitative estimate of drug-likeness (QED) is 0.431. The highest BCUT2D eigenvalue weighted by Gasteiger charge is 2.25. The zero-order valence-electron chi connectivity index (χ0n) is 16.8. The Bertz CT molecular complexity index is 585. The minimum absolute atomic E-state index is 0.0534. The molecule has 2 aliphatic heterocycles. The molecule has 1 aromatic rings. The largest absolute Gasteiger partial charge is 0.379 e. The zero-order valence-corrected chi connectivity index (χ0v) is 16.8. The third kappa shape index (κ3) is 6.19. The van der Waals surface area contributed by atoms with Gasteiger partial charge >= 0.3 is 0 Å². The van der Waals surface area contributed by atoms with E-state index < -0.39 is 0 Å². The number of nitrogens with one attached hydrogen (secondary N) is 1. The third-order valence-electron chi connectivity index (χ3n) is 5.05. The summed E-state index contributed by atoms with van der Waals surface area (Å²) in [4.78, 5) is 9.66. The van der Waals surface area contributed by atoms with E-state index in [2.05, 4.69) is 27.1 Å². The van der Waals surface area contributed by atoms with E-state index in [1.807, 2.05) is 24.1 Å². The molecule has 2 fully saturated rings. The Morgan fingerprint density at radius 1 is 1.26 bits per heavy atom. The first-order valence-electron chi connectivity index (χ1n) is 10.2. The summed E-state index contributed by atoms with van der Waals surface area (Å²) >= 11 is 0. The van der Waals surface area contributed by atoms with Gasteiger partial charge in [0.15, 0.2) is 5.96 Å². The second kappa shape index (κ2) is 10.6. The normalized spacial score (nSPS) is 22.2. The number of hydrogen-bond acceptors (Lipinski definition) is 5. The molecule has 152 valence electrons. The van der Waals surface area contributed by atoms with Crippen LogP contribution in [0.25, 0.3) is 0 Å². The van der Waals surface area contributed by atoms with Gasteiger partial charge < -0.3 is 19.7 Å². The van der Waals surface area contributed by atoms with E-state index in [1.165, 1.54) is 6.42 Å². The molecule has 1 aromatic heterocycles. The summed E-state index contributed by atoms with van der Waals surface area (Å²) < 4.78 is 13.2. The van der Waals surface area contributed by atoms with E-state index in [4.69, 9.17) is 14.5 Å². The number of hydrogen-bond donors (Lipinski definition) is 1. The van der Waals surface area contributed by atoms with Crippen LogP contribution in [0.4, 0.5) is 0 Å². The molecule has 2 aliphatic rings. The SMILES string of the molecule is CCNC(=NCCCCN1CCOCC1)N1CCOC(c2cnn(C)c2)C1. The van der Waals surface area contributed by atoms with Crippen molar-refractivity contribution < 1.29 is 9.47 Å². The predicted octanol–water partition coefficient (Wildman–Crippen LogP) is 0.871. The molecule has 0 saturated carbocycles. The fraction of sp³-hybridized carbons (Fsp3) is 0.789. The standard InChI is InChI=1S/C19H34N6O2/c1-3-20-19(21-6-4-5-7-24-8-11-26-12-9-24)25-10-13-27-18(16-25)17-14-22-23(2)15-17/h14-15,18H,3-13,16H2,1-2H3,(H,20,21). The van der Waals surface area contributed by atoms with Crippen LogP contribution in [0.2, 0.25) is 0 Å². The lowest BCUT2D eigenvalue weighted by atomic mass is 10.1. The Hall–Kier alpha value is -1.64. The van der Waals surface area contributed by atoms with Gasteiger partial charge in [0, 0.05) is 51.5 Å². The number of nitrogens with zero attached hydrogens (tertiary/aromatic N) is 5. The van der Waals surface area contributed by atoms with Gasteiger partial charge in [0.1, 0.15) is 6.10 Å². The molecule has 0 bridgehead atoms. The van der Waals surface area contributed by atoms with Gasteiger partial charge in [0.2, 0.25) is 0 Å². The summed E-state index contributed by atoms with van der Waals surface area (Å²) in [6.45, 7) is 11.3. The highest BCUT2D eigenvalue weighted by molar-refractivity contribution is 5.80. The molecule has 8 heteroatoms. The molecule has 3 heterocycles. The number of morpholine rings is 2. The Balaban J connectivity index is 1.47. The van der Waals surface area contributed by atoms with Crippen molar-refractivity contribution >= 4 is 5.96 Å². The average molecular weight is 379 g/mol. The van der Waals surface area contributed by atoms with Crippen molar-refractivity contribution in [2.24, 2.45) is 12.0 Å². The van der Waals surface area contributed by atoms with Crippen LogP contribution >= 0.6 is 0 Å². The molecule has 0 spiro atoms. The van der Waals surface area contributed by atoms with Gasteiger partial charge in [-0.2, -0.15) is 5.10 Å². The van der Waals surface area contributed by atoms with Crippen molar-refractivity contribution in [3.8, 4) is 0 Å². The van der Waals surface area contributed by atoms with Crippen LogP contribution in [0.15, 0.2) is 17.4 Å². The van der Waals surface area contributed by atoms with E-state index in [0.29, 0.717) is 6.61 Å². The van der Waals surface area contributed by atoms with Crippen LogP contribution in [-0.4, -0.2) is 91.2 Å². The third-order valence-corrected chi connectivity index (χ3v) is 5.05. The van der Waals surface area contributed by atoms with Crippen molar-refractivity contribution in [1.82, 2.24) is 24.9 Å². The summed E-state index contributed by atoms with van der Waals surface area (Å²) in [5.41, 5.74) is 1.13. The molecular weight excluding hydrogens is 344 g/mol. The molecule has 1 N–H and O–H groups in total. The van der Waals surface area contributed by atoms with Crippen molar-refractivity contribution in [1.29, 1.82) is 0 Å². The number of ether oxygens (including phenoxy) is 2. The maximum Gasteiger partial charge on any atom is 0.194 e. The molecule has 3 rings (SSSR count). The molecular formula is C19H34N6O2. The molecule has 1 unspecified atom stereocenters. The van der Waals surface area contributed by atoms with Crippen molar-refractivity contribution in [2.75, 3.05) is 65.6 Å². The maximum absolute atomic E-state index is 5.95. The Morgan fingerprint density at radius 2 is 2.11 bits per heavy atom. The molecule has 8 nitrogen and oxygen atoms in total. The zero-order chi connectivity index (χ0) is 18.9. The lowest BCUT2D eigenvalue weighted by Crippen LogP contribution is -2.48. The van der Waals surface area contributed by atoms with Gasteiger partial charge in [-0.1, -0.05) is 0 Å².